The average Bonchev–Trinajstić information content (AvgIpc) is 3.89. The van der Waals surface area contributed by atoms with Gasteiger partial charge in [-0.2, -0.15) is 0 Å². The van der Waals surface area contributed by atoms with Crippen LogP contribution in [0.15, 0.2) is 225 Å². The molecule has 0 aliphatic carbocycles. The first kappa shape index (κ1) is 48.1. The monoisotopic (exact) mass is 982 g/mol. The highest BCUT2D eigenvalue weighted by molar-refractivity contribution is 6.11. The fourth-order valence-corrected chi connectivity index (χ4v) is 9.88. The lowest BCUT2D eigenvalue weighted by Crippen LogP contribution is -2.10. The van der Waals surface area contributed by atoms with E-state index in [-0.39, 0.29) is 17.7 Å². The summed E-state index contributed by atoms with van der Waals surface area (Å²) in [5, 5.41) is 4.03. The predicted molar refractivity (Wildman–Crippen MR) is 299 cm³/mol. The van der Waals surface area contributed by atoms with Gasteiger partial charge in [0, 0.05) is 39.8 Å². The molecule has 1 aliphatic rings. The zero-order valence-corrected chi connectivity index (χ0v) is 41.8. The summed E-state index contributed by atoms with van der Waals surface area (Å²) in [5.41, 5.74) is 6.32. The van der Waals surface area contributed by atoms with E-state index in [1.54, 1.807) is 36.4 Å². The molecule has 0 saturated heterocycles. The van der Waals surface area contributed by atoms with Gasteiger partial charge in [0.05, 0.1) is 0 Å². The van der Waals surface area contributed by atoms with Crippen molar-refractivity contribution in [3.05, 3.63) is 258 Å². The lowest BCUT2D eigenvalue weighted by molar-refractivity contribution is 0.103. The van der Waals surface area contributed by atoms with Crippen LogP contribution in [-0.4, -0.2) is 17.7 Å². The van der Waals surface area contributed by atoms with Crippen LogP contribution in [0.1, 0.15) is 82.0 Å². The zero-order valence-electron chi connectivity index (χ0n) is 41.8. The number of ether oxygens (including phenoxy) is 5. The number of rotatable bonds is 18. The number of allylic oxidation sites excluding steroid dienone is 1. The molecule has 0 aromatic heterocycles. The van der Waals surface area contributed by atoms with E-state index in [9.17, 15) is 9.59 Å². The minimum Gasteiger partial charge on any atom is -0.490 e. The van der Waals surface area contributed by atoms with E-state index in [0.717, 1.165) is 75.4 Å². The Labute approximate surface area is 437 Å². The molecule has 0 fully saturated rings. The summed E-state index contributed by atoms with van der Waals surface area (Å²) < 4.78 is 31.8. The van der Waals surface area contributed by atoms with Gasteiger partial charge < -0.3 is 23.7 Å². The Balaban J connectivity index is 0.795. The van der Waals surface area contributed by atoms with E-state index in [4.69, 9.17) is 23.7 Å². The number of fused-ring (bicyclic) bond motifs is 3. The van der Waals surface area contributed by atoms with Crippen LogP contribution in [-0.2, 0) is 6.42 Å². The van der Waals surface area contributed by atoms with E-state index < -0.39 is 0 Å². The van der Waals surface area contributed by atoms with Crippen molar-refractivity contribution in [1.29, 1.82) is 0 Å². The van der Waals surface area contributed by atoms with Gasteiger partial charge in [0.2, 0.25) is 0 Å². The normalized spacial score (nSPS) is 13.1. The number of hydrogen-bond acceptors (Lipinski definition) is 7. The fourth-order valence-electron chi connectivity index (χ4n) is 9.88. The van der Waals surface area contributed by atoms with Crippen LogP contribution in [0.25, 0.3) is 32.7 Å². The maximum absolute atomic E-state index is 13.8. The molecule has 10 aromatic rings. The summed E-state index contributed by atoms with van der Waals surface area (Å²) in [4.78, 5) is 27.5. The molecule has 0 spiro atoms. The van der Waals surface area contributed by atoms with Crippen molar-refractivity contribution in [1.82, 2.24) is 0 Å². The maximum Gasteiger partial charge on any atom is 0.193 e. The van der Waals surface area contributed by atoms with Crippen molar-refractivity contribution in [3.8, 4) is 62.9 Å². The van der Waals surface area contributed by atoms with Crippen molar-refractivity contribution >= 4 is 33.1 Å². The van der Waals surface area contributed by atoms with Gasteiger partial charge in [-0.25, -0.2) is 0 Å². The third-order valence-corrected chi connectivity index (χ3v) is 13.9. The lowest BCUT2D eigenvalue weighted by Gasteiger charge is -2.20. The quantitative estimate of drug-likeness (QED) is 0.0626. The fraction of sp³-hybridized carbons (Fsp3) is 0.118. The van der Waals surface area contributed by atoms with Gasteiger partial charge >= 0.3 is 0 Å². The minimum absolute atomic E-state index is 0.0568. The van der Waals surface area contributed by atoms with Crippen molar-refractivity contribution < 1.29 is 33.3 Å². The number of carbonyl (C=O) groups is 2. The second kappa shape index (κ2) is 21.5. The Morgan fingerprint density at radius 3 is 1.37 bits per heavy atom. The summed E-state index contributed by atoms with van der Waals surface area (Å²) >= 11 is 0. The van der Waals surface area contributed by atoms with E-state index in [1.165, 1.54) is 5.56 Å². The molecular weight excluding hydrogens is 929 g/mol. The Kier molecular flexibility index (Phi) is 13.8. The van der Waals surface area contributed by atoms with Crippen LogP contribution in [0, 0.1) is 0 Å². The molecule has 11 rings (SSSR count). The van der Waals surface area contributed by atoms with Crippen LogP contribution in [0.5, 0.6) is 51.7 Å². The molecular formula is C68H54O7. The molecule has 0 amide bonds. The number of benzene rings is 10. The summed E-state index contributed by atoms with van der Waals surface area (Å²) in [5.74, 6) is 6.24. The van der Waals surface area contributed by atoms with E-state index in [2.05, 4.69) is 69.0 Å². The van der Waals surface area contributed by atoms with Gasteiger partial charge in [-0.05, 0) is 197 Å². The zero-order chi connectivity index (χ0) is 51.3. The Morgan fingerprint density at radius 1 is 0.507 bits per heavy atom. The van der Waals surface area contributed by atoms with Crippen LogP contribution in [0.4, 0.5) is 0 Å². The van der Waals surface area contributed by atoms with Gasteiger partial charge in [-0.3, -0.25) is 9.59 Å². The smallest absolute Gasteiger partial charge is 0.193 e. The summed E-state index contributed by atoms with van der Waals surface area (Å²) in [6.45, 7) is 8.20. The van der Waals surface area contributed by atoms with Gasteiger partial charge in [0.1, 0.15) is 57.8 Å². The number of carbonyl (C=O) groups excluding carboxylic acids is 2. The Bertz CT molecular complexity index is 3690. The van der Waals surface area contributed by atoms with Gasteiger partial charge in [-0.15, -0.1) is 6.58 Å². The van der Waals surface area contributed by atoms with Crippen LogP contribution in [0.3, 0.4) is 0 Å². The summed E-state index contributed by atoms with van der Waals surface area (Å²) in [6, 6.07) is 67.6. The summed E-state index contributed by atoms with van der Waals surface area (Å²) in [6.07, 6.45) is 5.85. The SMILES string of the molecule is C=CCC(CC)c1ccc(Oc2ccc(Oc3ccc(C(=O)c4ccc(Oc5ccc6ccccc6c5-c5c(Oc6ccc(C(=O)c7ccc8c(c7)CC(CC)O8)cc6)ccc6ccccc56)cc4)cc3)cc2)cc1. The lowest BCUT2D eigenvalue weighted by atomic mass is 9.92. The molecule has 0 radical (unpaired) electrons. The predicted octanol–water partition coefficient (Wildman–Crippen LogP) is 18.1. The van der Waals surface area contributed by atoms with Gasteiger partial charge in [0.15, 0.2) is 11.6 Å². The molecule has 7 nitrogen and oxygen atoms in total. The molecule has 10 aromatic carbocycles. The third-order valence-electron chi connectivity index (χ3n) is 13.9. The van der Waals surface area contributed by atoms with Crippen LogP contribution >= 0.6 is 0 Å². The highest BCUT2D eigenvalue weighted by atomic mass is 16.5. The first-order chi connectivity index (χ1) is 36.8. The molecule has 1 aliphatic heterocycles. The van der Waals surface area contributed by atoms with E-state index >= 15 is 0 Å². The van der Waals surface area contributed by atoms with Crippen molar-refractivity contribution in [2.45, 2.75) is 51.6 Å². The molecule has 75 heavy (non-hydrogen) atoms. The van der Waals surface area contributed by atoms with Crippen LogP contribution in [0.2, 0.25) is 0 Å². The van der Waals surface area contributed by atoms with Crippen molar-refractivity contribution in [2.75, 3.05) is 0 Å². The van der Waals surface area contributed by atoms with Crippen molar-refractivity contribution in [3.63, 3.8) is 0 Å². The van der Waals surface area contributed by atoms with E-state index in [1.807, 2.05) is 133 Å². The summed E-state index contributed by atoms with van der Waals surface area (Å²) in [7, 11) is 0. The molecule has 7 heteroatoms. The Hall–Kier alpha value is -9.20. The molecule has 368 valence electrons. The minimum atomic E-state index is -0.127. The average molecular weight is 983 g/mol. The van der Waals surface area contributed by atoms with Gasteiger partial charge in [0.25, 0.3) is 0 Å². The molecule has 0 bridgehead atoms. The topological polar surface area (TPSA) is 80.3 Å². The maximum atomic E-state index is 13.8. The first-order valence-corrected chi connectivity index (χ1v) is 25.6. The molecule has 2 unspecified atom stereocenters. The Morgan fingerprint density at radius 2 is 0.920 bits per heavy atom. The largest absolute Gasteiger partial charge is 0.490 e. The second-order valence-electron chi connectivity index (χ2n) is 18.8. The number of ketones is 2. The molecule has 2 atom stereocenters. The molecule has 0 N–H and O–H groups in total. The highest BCUT2D eigenvalue weighted by Gasteiger charge is 2.24. The highest BCUT2D eigenvalue weighted by Crippen LogP contribution is 2.48. The van der Waals surface area contributed by atoms with Gasteiger partial charge in [-0.1, -0.05) is 92.7 Å². The third kappa shape index (κ3) is 10.4. The molecule has 0 saturated carbocycles. The van der Waals surface area contributed by atoms with E-state index in [0.29, 0.717) is 68.4 Å². The second-order valence-corrected chi connectivity index (χ2v) is 18.8. The number of hydrogen-bond donors (Lipinski definition) is 0. The molecule has 1 heterocycles. The first-order valence-electron chi connectivity index (χ1n) is 25.6. The van der Waals surface area contributed by atoms with Crippen LogP contribution < -0.4 is 23.7 Å². The standard InChI is InChI=1S/C68H54O7/c1-4-11-44(5-2)45-16-27-54(28-17-45)71-56-35-37-57(38-36-56)72-55-29-18-48(19-30-55)67(69)49-20-31-58(32-21-49)74-63-40-24-46-12-7-9-14-60(46)65(63)66-61-15-10-8-13-47(61)25-41-64(66)75-59-33-22-50(23-34-59)68(70)51-26-39-62-52(42-51)43-53(6-3)73-62/h4,7-10,12-42,44,53H,1,5-6,11,43H2,2-3H3. The van der Waals surface area contributed by atoms with Crippen molar-refractivity contribution in [2.24, 2.45) is 0 Å².